The highest BCUT2D eigenvalue weighted by atomic mass is 15.1. The van der Waals surface area contributed by atoms with Crippen molar-refractivity contribution in [2.24, 2.45) is 0 Å². The second-order valence-electron chi connectivity index (χ2n) is 4.73. The van der Waals surface area contributed by atoms with Gasteiger partial charge >= 0.3 is 0 Å². The molecule has 2 rings (SSSR count). The Bertz CT molecular complexity index is 547. The van der Waals surface area contributed by atoms with Crippen LogP contribution in [0.15, 0.2) is 18.7 Å². The van der Waals surface area contributed by atoms with Gasteiger partial charge in [-0.2, -0.15) is 0 Å². The van der Waals surface area contributed by atoms with Crippen LogP contribution in [-0.4, -0.2) is 26.1 Å². The molecule has 2 aromatic heterocycles. The van der Waals surface area contributed by atoms with E-state index in [-0.39, 0.29) is 0 Å². The van der Waals surface area contributed by atoms with E-state index in [0.717, 1.165) is 49.7 Å². The zero-order valence-electron chi connectivity index (χ0n) is 12.6. The maximum absolute atomic E-state index is 4.49. The summed E-state index contributed by atoms with van der Waals surface area (Å²) in [5.41, 5.74) is 2.31. The summed E-state index contributed by atoms with van der Waals surface area (Å²) in [6.45, 7) is 8.20. The largest absolute Gasteiger partial charge is 0.370 e. The van der Waals surface area contributed by atoms with Crippen LogP contribution < -0.4 is 5.32 Å². The molecule has 0 saturated carbocycles. The average molecular weight is 273 g/mol. The molecule has 2 heterocycles. The molecule has 0 bridgehead atoms. The minimum absolute atomic E-state index is 0.761. The molecule has 1 N–H and O–H groups in total. The van der Waals surface area contributed by atoms with Crippen molar-refractivity contribution in [3.05, 3.63) is 35.8 Å². The number of aryl methyl sites for hydroxylation is 1. The van der Waals surface area contributed by atoms with E-state index >= 15 is 0 Å². The molecule has 0 amide bonds. The summed E-state index contributed by atoms with van der Waals surface area (Å²) in [5, 5.41) is 3.33. The third-order valence-electron chi connectivity index (χ3n) is 3.35. The van der Waals surface area contributed by atoms with Crippen LogP contribution in [0.1, 0.15) is 44.3 Å². The summed E-state index contributed by atoms with van der Waals surface area (Å²) in [7, 11) is 0. The van der Waals surface area contributed by atoms with Crippen LogP contribution in [0.4, 0.5) is 5.82 Å². The van der Waals surface area contributed by atoms with Gasteiger partial charge in [0.25, 0.3) is 0 Å². The van der Waals surface area contributed by atoms with Gasteiger partial charge < -0.3 is 9.88 Å². The highest BCUT2D eigenvalue weighted by Gasteiger charge is 2.13. The second kappa shape index (κ2) is 7.03. The normalized spacial score (nSPS) is 10.8. The Morgan fingerprint density at radius 2 is 2.00 bits per heavy atom. The van der Waals surface area contributed by atoms with Crippen molar-refractivity contribution in [3.63, 3.8) is 0 Å². The van der Waals surface area contributed by atoms with Gasteiger partial charge in [-0.3, -0.25) is 0 Å². The van der Waals surface area contributed by atoms with Crippen LogP contribution in [0.25, 0.3) is 0 Å². The predicted molar refractivity (Wildman–Crippen MR) is 80.9 cm³/mol. The lowest BCUT2D eigenvalue weighted by Crippen LogP contribution is -2.10. The van der Waals surface area contributed by atoms with Crippen molar-refractivity contribution >= 4 is 5.82 Å². The molecule has 0 aliphatic rings. The molecule has 0 atom stereocenters. The Morgan fingerprint density at radius 1 is 1.15 bits per heavy atom. The van der Waals surface area contributed by atoms with E-state index in [0.29, 0.717) is 0 Å². The number of aromatic nitrogens is 4. The van der Waals surface area contributed by atoms with Gasteiger partial charge in [0.05, 0.1) is 5.69 Å². The Labute approximate surface area is 120 Å². The SMILES string of the molecule is CCCc1c(Cc2nccn2CC)ncnc1NCC. The molecule has 5 heteroatoms. The minimum Gasteiger partial charge on any atom is -0.370 e. The first kappa shape index (κ1) is 14.5. The van der Waals surface area contributed by atoms with E-state index < -0.39 is 0 Å². The van der Waals surface area contributed by atoms with E-state index in [2.05, 4.69) is 45.6 Å². The molecule has 0 unspecified atom stereocenters. The molecule has 108 valence electrons. The lowest BCUT2D eigenvalue weighted by Gasteiger charge is -2.13. The van der Waals surface area contributed by atoms with Crippen molar-refractivity contribution < 1.29 is 0 Å². The molecule has 20 heavy (non-hydrogen) atoms. The van der Waals surface area contributed by atoms with Gasteiger partial charge in [-0.1, -0.05) is 13.3 Å². The standard InChI is InChI=1S/C15H23N5/c1-4-7-12-13(18-11-19-15(12)16-5-2)10-14-17-8-9-20(14)6-3/h8-9,11H,4-7,10H2,1-3H3,(H,16,18,19). The summed E-state index contributed by atoms with van der Waals surface area (Å²) < 4.78 is 2.16. The fourth-order valence-electron chi connectivity index (χ4n) is 2.38. The number of rotatable bonds is 7. The number of imidazole rings is 1. The van der Waals surface area contributed by atoms with E-state index in [1.807, 2.05) is 12.4 Å². The van der Waals surface area contributed by atoms with Gasteiger partial charge in [0, 0.05) is 37.5 Å². The molecular weight excluding hydrogens is 250 g/mol. The Hall–Kier alpha value is -1.91. The predicted octanol–water partition coefficient (Wildman–Crippen LogP) is 2.67. The maximum atomic E-state index is 4.49. The van der Waals surface area contributed by atoms with Gasteiger partial charge in [-0.15, -0.1) is 0 Å². The van der Waals surface area contributed by atoms with E-state index in [1.165, 1.54) is 5.56 Å². The van der Waals surface area contributed by atoms with Crippen LogP contribution in [-0.2, 0) is 19.4 Å². The summed E-state index contributed by atoms with van der Waals surface area (Å²) in [4.78, 5) is 13.3. The second-order valence-corrected chi connectivity index (χ2v) is 4.73. The summed E-state index contributed by atoms with van der Waals surface area (Å²) in [5.74, 6) is 2.03. The van der Waals surface area contributed by atoms with Crippen molar-refractivity contribution in [2.45, 2.75) is 46.6 Å². The summed E-state index contributed by atoms with van der Waals surface area (Å²) in [6, 6.07) is 0. The van der Waals surface area contributed by atoms with Gasteiger partial charge in [-0.05, 0) is 20.3 Å². The zero-order chi connectivity index (χ0) is 14.4. The number of nitrogens with one attached hydrogen (secondary N) is 1. The topological polar surface area (TPSA) is 55.6 Å². The van der Waals surface area contributed by atoms with Crippen molar-refractivity contribution in [3.8, 4) is 0 Å². The van der Waals surface area contributed by atoms with Crippen LogP contribution in [0.2, 0.25) is 0 Å². The number of hydrogen-bond donors (Lipinski definition) is 1. The number of hydrogen-bond acceptors (Lipinski definition) is 4. The minimum atomic E-state index is 0.761. The number of nitrogens with zero attached hydrogens (tertiary/aromatic N) is 4. The van der Waals surface area contributed by atoms with Gasteiger partial charge in [0.2, 0.25) is 0 Å². The molecule has 0 radical (unpaired) electrons. The average Bonchev–Trinajstić information content (AvgIpc) is 2.90. The first-order valence-corrected chi connectivity index (χ1v) is 7.36. The third-order valence-corrected chi connectivity index (χ3v) is 3.35. The van der Waals surface area contributed by atoms with Crippen molar-refractivity contribution in [1.82, 2.24) is 19.5 Å². The van der Waals surface area contributed by atoms with E-state index in [9.17, 15) is 0 Å². The smallest absolute Gasteiger partial charge is 0.132 e. The Balaban J connectivity index is 2.32. The lowest BCUT2D eigenvalue weighted by atomic mass is 10.1. The lowest BCUT2D eigenvalue weighted by molar-refractivity contribution is 0.704. The molecule has 0 aromatic carbocycles. The third kappa shape index (κ3) is 3.15. The highest BCUT2D eigenvalue weighted by molar-refractivity contribution is 5.46. The quantitative estimate of drug-likeness (QED) is 0.842. The van der Waals surface area contributed by atoms with Gasteiger partial charge in [-0.25, -0.2) is 15.0 Å². The monoisotopic (exact) mass is 273 g/mol. The molecule has 5 nitrogen and oxygen atoms in total. The van der Waals surface area contributed by atoms with Crippen molar-refractivity contribution in [2.75, 3.05) is 11.9 Å². The van der Waals surface area contributed by atoms with Gasteiger partial charge in [0.15, 0.2) is 0 Å². The van der Waals surface area contributed by atoms with Crippen LogP contribution >= 0.6 is 0 Å². The molecule has 0 aliphatic heterocycles. The fraction of sp³-hybridized carbons (Fsp3) is 0.533. The summed E-state index contributed by atoms with van der Waals surface area (Å²) >= 11 is 0. The van der Waals surface area contributed by atoms with Crippen LogP contribution in [0, 0.1) is 0 Å². The first-order chi connectivity index (χ1) is 9.80. The fourth-order valence-corrected chi connectivity index (χ4v) is 2.38. The van der Waals surface area contributed by atoms with Crippen molar-refractivity contribution in [1.29, 1.82) is 0 Å². The zero-order valence-corrected chi connectivity index (χ0v) is 12.6. The summed E-state index contributed by atoms with van der Waals surface area (Å²) in [6.07, 6.45) is 8.35. The molecule has 0 aliphatic carbocycles. The van der Waals surface area contributed by atoms with E-state index in [1.54, 1.807) is 6.33 Å². The molecule has 2 aromatic rings. The molecular formula is C15H23N5. The molecule has 0 saturated heterocycles. The molecule has 0 spiro atoms. The Morgan fingerprint density at radius 3 is 2.70 bits per heavy atom. The van der Waals surface area contributed by atoms with Gasteiger partial charge in [0.1, 0.15) is 18.0 Å². The van der Waals surface area contributed by atoms with Crippen LogP contribution in [0.3, 0.4) is 0 Å². The van der Waals surface area contributed by atoms with E-state index in [4.69, 9.17) is 0 Å². The Kier molecular flexibility index (Phi) is 5.09. The van der Waals surface area contributed by atoms with Crippen LogP contribution in [0.5, 0.6) is 0 Å². The first-order valence-electron chi connectivity index (χ1n) is 7.36. The maximum Gasteiger partial charge on any atom is 0.132 e. The number of anilines is 1. The highest BCUT2D eigenvalue weighted by Crippen LogP contribution is 2.19. The molecule has 0 fully saturated rings.